The highest BCUT2D eigenvalue weighted by molar-refractivity contribution is 6.40. The first-order chi connectivity index (χ1) is 47.2. The fourth-order valence-corrected chi connectivity index (χ4v) is 14.5. The number of anilines is 9. The Morgan fingerprint density at radius 3 is 0.625 bits per heavy atom. The average molecular weight is 1280 g/mol. The van der Waals surface area contributed by atoms with E-state index in [0.29, 0.717) is 0 Å². The van der Waals surface area contributed by atoms with Crippen LogP contribution in [0.2, 0.25) is 0 Å². The van der Waals surface area contributed by atoms with Crippen LogP contribution in [0.3, 0.4) is 0 Å². The Hall–Kier alpha value is -10.2. The minimum Gasteiger partial charge on any atom is -0.497 e. The van der Waals surface area contributed by atoms with Gasteiger partial charge >= 0.3 is 0 Å². The zero-order valence-corrected chi connectivity index (χ0v) is 57.3. The monoisotopic (exact) mass is 1280 g/mol. The number of hydrogen-bond acceptors (Lipinski definition) is 9. The summed E-state index contributed by atoms with van der Waals surface area (Å²) in [6, 6.07) is 72.3. The molecule has 10 aromatic carbocycles. The first-order valence-electron chi connectivity index (χ1n) is 34.5. The van der Waals surface area contributed by atoms with Crippen molar-refractivity contribution in [3.8, 4) is 34.5 Å². The van der Waals surface area contributed by atoms with Gasteiger partial charge in [0.1, 0.15) is 34.5 Å². The summed E-state index contributed by atoms with van der Waals surface area (Å²) in [5.74, 6) is 4.81. The van der Waals surface area contributed by atoms with E-state index < -0.39 is 0 Å². The van der Waals surface area contributed by atoms with Gasteiger partial charge in [-0.3, -0.25) is 0 Å². The quantitative estimate of drug-likeness (QED) is 0.0409. The van der Waals surface area contributed by atoms with Crippen LogP contribution in [0, 0.1) is 0 Å². The van der Waals surface area contributed by atoms with Crippen LogP contribution in [-0.4, -0.2) is 56.4 Å². The number of hydrogen-bond donors (Lipinski definition) is 0. The third-order valence-corrected chi connectivity index (χ3v) is 19.3. The van der Waals surface area contributed by atoms with Crippen LogP contribution >= 0.6 is 0 Å². The molecule has 0 radical (unpaired) electrons. The number of fused-ring (bicyclic) bond motifs is 12. The molecule has 0 saturated carbocycles. The molecule has 13 rings (SSSR count). The topological polar surface area (TPSA) is 79.9 Å². The Morgan fingerprint density at radius 2 is 0.438 bits per heavy atom. The number of unbranched alkanes of at least 4 members (excludes halogenated alkanes) is 9. The number of aromatic nitrogens is 3. The van der Waals surface area contributed by atoms with Crippen LogP contribution in [0.1, 0.15) is 97.8 Å². The van der Waals surface area contributed by atoms with E-state index in [0.717, 1.165) is 163 Å². The van der Waals surface area contributed by atoms with Gasteiger partial charge in [-0.15, -0.1) is 0 Å². The molecule has 12 heteroatoms. The van der Waals surface area contributed by atoms with Gasteiger partial charge in [0, 0.05) is 120 Å². The molecule has 96 heavy (non-hydrogen) atoms. The molecule has 0 spiro atoms. The Bertz CT molecular complexity index is 4130. The molecule has 0 bridgehead atoms. The maximum absolute atomic E-state index is 5.76. The predicted molar refractivity (Wildman–Crippen MR) is 401 cm³/mol. The van der Waals surface area contributed by atoms with Gasteiger partial charge in [-0.1, -0.05) is 78.6 Å². The number of ether oxygens (including phenoxy) is 6. The van der Waals surface area contributed by atoms with E-state index >= 15 is 0 Å². The molecule has 0 amide bonds. The van der Waals surface area contributed by atoms with Crippen molar-refractivity contribution < 1.29 is 28.4 Å². The number of aryl methyl sites for hydroxylation is 3. The Balaban J connectivity index is 1.22. The summed E-state index contributed by atoms with van der Waals surface area (Å²) < 4.78 is 42.8. The van der Waals surface area contributed by atoms with E-state index in [1.54, 1.807) is 42.7 Å². The molecule has 3 heterocycles. The van der Waals surface area contributed by atoms with Crippen LogP contribution < -0.4 is 43.1 Å². The smallest absolute Gasteiger partial charge is 0.119 e. The van der Waals surface area contributed by atoms with Crippen LogP contribution in [0.4, 0.5) is 51.2 Å². The molecule has 0 unspecified atom stereocenters. The predicted octanol–water partition coefficient (Wildman–Crippen LogP) is 23.2. The van der Waals surface area contributed by atoms with E-state index in [-0.39, 0.29) is 0 Å². The zero-order valence-electron chi connectivity index (χ0n) is 57.3. The summed E-state index contributed by atoms with van der Waals surface area (Å²) in [5.41, 5.74) is 16.7. The molecule has 492 valence electrons. The lowest BCUT2D eigenvalue weighted by molar-refractivity contribution is 0.414. The average Bonchev–Trinajstić information content (AvgIpc) is 1.51. The highest BCUT2D eigenvalue weighted by Gasteiger charge is 2.30. The zero-order chi connectivity index (χ0) is 66.2. The lowest BCUT2D eigenvalue weighted by atomic mass is 10.0. The van der Waals surface area contributed by atoms with E-state index in [9.17, 15) is 0 Å². The largest absolute Gasteiger partial charge is 0.497 e. The van der Waals surface area contributed by atoms with Crippen molar-refractivity contribution in [2.45, 2.75) is 117 Å². The number of rotatable bonds is 30. The summed E-state index contributed by atoms with van der Waals surface area (Å²) in [4.78, 5) is 7.12. The first kappa shape index (κ1) is 64.5. The van der Waals surface area contributed by atoms with Crippen molar-refractivity contribution >= 4 is 117 Å². The number of nitrogens with zero attached hydrogens (tertiary/aromatic N) is 6. The maximum Gasteiger partial charge on any atom is 0.119 e. The fourth-order valence-electron chi connectivity index (χ4n) is 14.5. The second-order valence-corrected chi connectivity index (χ2v) is 25.1. The number of benzene rings is 10. The molecule has 0 fully saturated rings. The number of methoxy groups -OCH3 is 6. The SMILES string of the molecule is CCCCCCn1c2ccc(N(c3ccc(OC)cc3)c3ccc(OC)cc3)cc2c2c1c1c3cc(N(c4ccc(OC)cc4)c4ccc(OC)cc4)ccc3n(CCCCCC)c1c1c3cc(N(c4ccc(OC)cc4)c4ccc(OC)cc4)ccc3n(CCCCCC)c21. The third-order valence-electron chi connectivity index (χ3n) is 19.3. The standard InChI is InChI=1S/C84H90N6O6/c1-10-13-16-19-52-85-76-49-34-64(88(58-22-37-67(91-4)38-23-58)59-24-39-68(92-5)40-25-59)55-73(76)79-82(85)80-74-56-65(89(60-26-41-69(93-6)42-27-60)61-28-43-70(94-7)44-29-61)35-50-77(74)86(53-20-17-14-11-2)84(80)81-75-57-66(36-51-78(75)87(83(79)81)54-21-18-15-12-3)90(62-30-45-71(95-8)46-31-62)63-32-47-72(96-9)48-33-63/h22-51,55-57H,10-21,52-54H2,1-9H3. The maximum atomic E-state index is 5.76. The van der Waals surface area contributed by atoms with Crippen molar-refractivity contribution in [3.05, 3.63) is 200 Å². The van der Waals surface area contributed by atoms with Gasteiger partial charge in [0.15, 0.2) is 0 Å². The van der Waals surface area contributed by atoms with Gasteiger partial charge in [0.05, 0.1) is 59.2 Å². The summed E-state index contributed by atoms with van der Waals surface area (Å²) in [6.45, 7) is 9.50. The second-order valence-electron chi connectivity index (χ2n) is 25.1. The third kappa shape index (κ3) is 12.5. The highest BCUT2D eigenvalue weighted by atomic mass is 16.5. The van der Waals surface area contributed by atoms with Crippen molar-refractivity contribution in [1.29, 1.82) is 0 Å². The molecule has 0 aliphatic heterocycles. The summed E-state index contributed by atoms with van der Waals surface area (Å²) in [5, 5.41) is 7.44. The summed E-state index contributed by atoms with van der Waals surface area (Å²) >= 11 is 0. The lowest BCUT2D eigenvalue weighted by Gasteiger charge is -2.26. The van der Waals surface area contributed by atoms with Crippen LogP contribution in [0.25, 0.3) is 65.4 Å². The van der Waals surface area contributed by atoms with Gasteiger partial charge in [-0.2, -0.15) is 0 Å². The Labute approximate surface area is 565 Å². The molecule has 13 aromatic rings. The van der Waals surface area contributed by atoms with Gasteiger partial charge < -0.3 is 56.8 Å². The van der Waals surface area contributed by atoms with E-state index in [1.807, 2.05) is 0 Å². The van der Waals surface area contributed by atoms with Crippen LogP contribution in [0.15, 0.2) is 200 Å². The minimum atomic E-state index is 0.802. The highest BCUT2D eigenvalue weighted by Crippen LogP contribution is 2.52. The molecule has 0 N–H and O–H groups in total. The molecule has 0 aliphatic carbocycles. The van der Waals surface area contributed by atoms with Crippen LogP contribution in [-0.2, 0) is 19.6 Å². The van der Waals surface area contributed by atoms with E-state index in [2.05, 4.69) is 249 Å². The van der Waals surface area contributed by atoms with Crippen molar-refractivity contribution in [1.82, 2.24) is 13.7 Å². The minimum absolute atomic E-state index is 0.802. The van der Waals surface area contributed by atoms with Crippen LogP contribution in [0.5, 0.6) is 34.5 Å². The van der Waals surface area contributed by atoms with Gasteiger partial charge in [-0.25, -0.2) is 0 Å². The molecule has 0 atom stereocenters. The van der Waals surface area contributed by atoms with Gasteiger partial charge in [0.25, 0.3) is 0 Å². The molecular formula is C84H90N6O6. The normalized spacial score (nSPS) is 11.6. The Kier molecular flexibility index (Phi) is 19.6. The van der Waals surface area contributed by atoms with E-state index in [1.165, 1.54) is 84.7 Å². The fraction of sp³-hybridized carbons (Fsp3) is 0.286. The summed E-state index contributed by atoms with van der Waals surface area (Å²) in [6.07, 6.45) is 13.5. The van der Waals surface area contributed by atoms with Gasteiger partial charge in [-0.05, 0) is 219 Å². The molecule has 0 aliphatic rings. The van der Waals surface area contributed by atoms with Gasteiger partial charge in [0.2, 0.25) is 0 Å². The van der Waals surface area contributed by atoms with Crippen molar-refractivity contribution in [3.63, 3.8) is 0 Å². The second kappa shape index (κ2) is 29.2. The lowest BCUT2D eigenvalue weighted by Crippen LogP contribution is -2.10. The van der Waals surface area contributed by atoms with Crippen molar-refractivity contribution in [2.75, 3.05) is 57.4 Å². The first-order valence-corrected chi connectivity index (χ1v) is 34.5. The Morgan fingerprint density at radius 1 is 0.240 bits per heavy atom. The molecular weight excluding hydrogens is 1190 g/mol. The molecule has 3 aromatic heterocycles. The summed E-state index contributed by atoms with van der Waals surface area (Å²) in [7, 11) is 10.4. The van der Waals surface area contributed by atoms with Crippen molar-refractivity contribution in [2.24, 2.45) is 0 Å². The van der Waals surface area contributed by atoms with E-state index in [4.69, 9.17) is 28.4 Å². The molecule has 0 saturated heterocycles. The molecule has 12 nitrogen and oxygen atoms in total.